The molecule has 80 valence electrons. The zero-order valence-corrected chi connectivity index (χ0v) is 11.2. The summed E-state index contributed by atoms with van der Waals surface area (Å²) < 4.78 is 0.621. The Morgan fingerprint density at radius 1 is 1.08 bits per heavy atom. The van der Waals surface area contributed by atoms with Gasteiger partial charge in [0.15, 0.2) is 0 Å². The lowest BCUT2D eigenvalue weighted by Gasteiger charge is -2.25. The molecule has 0 radical (unpaired) electrons. The van der Waals surface area contributed by atoms with Gasteiger partial charge >= 0.3 is 0 Å². The van der Waals surface area contributed by atoms with E-state index in [1.54, 1.807) is 0 Å². The van der Waals surface area contributed by atoms with Crippen molar-refractivity contribution in [1.29, 1.82) is 0 Å². The van der Waals surface area contributed by atoms with E-state index >= 15 is 0 Å². The van der Waals surface area contributed by atoms with Gasteiger partial charge in [-0.2, -0.15) is 0 Å². The largest absolute Gasteiger partial charge is 0.143 e. The van der Waals surface area contributed by atoms with E-state index in [0.29, 0.717) is 4.08 Å². The summed E-state index contributed by atoms with van der Waals surface area (Å²) in [5, 5.41) is 0. The van der Waals surface area contributed by atoms with Gasteiger partial charge in [-0.3, -0.25) is 0 Å². The maximum Gasteiger partial charge on any atom is 0.0609 e. The van der Waals surface area contributed by atoms with Crippen LogP contribution >= 0.6 is 23.5 Å². The van der Waals surface area contributed by atoms with Gasteiger partial charge in [0.05, 0.1) is 4.08 Å². The molecule has 13 heavy (non-hydrogen) atoms. The van der Waals surface area contributed by atoms with Crippen LogP contribution in [-0.2, 0) is 0 Å². The van der Waals surface area contributed by atoms with E-state index in [9.17, 15) is 0 Å². The summed E-state index contributed by atoms with van der Waals surface area (Å²) in [4.78, 5) is 0. The van der Waals surface area contributed by atoms with E-state index in [-0.39, 0.29) is 0 Å². The summed E-state index contributed by atoms with van der Waals surface area (Å²) in [6.45, 7) is 8.62. The highest BCUT2D eigenvalue weighted by Crippen LogP contribution is 2.49. The van der Waals surface area contributed by atoms with E-state index in [4.69, 9.17) is 0 Å². The van der Waals surface area contributed by atoms with Crippen LogP contribution in [0, 0.1) is 0 Å². The lowest BCUT2D eigenvalue weighted by atomic mass is 10.1. The highest BCUT2D eigenvalue weighted by molar-refractivity contribution is 8.21. The minimum absolute atomic E-state index is 0.621. The number of rotatable bonds is 4. The maximum absolute atomic E-state index is 2.33. The fourth-order valence-electron chi connectivity index (χ4n) is 1.47. The molecule has 2 heteroatoms. The van der Waals surface area contributed by atoms with Crippen LogP contribution in [0.1, 0.15) is 53.4 Å². The second kappa shape index (κ2) is 8.05. The second-order valence-electron chi connectivity index (χ2n) is 3.06. The number of hydrogen-bond donors (Lipinski definition) is 0. The van der Waals surface area contributed by atoms with Gasteiger partial charge in [0, 0.05) is 11.5 Å². The van der Waals surface area contributed by atoms with Gasteiger partial charge in [-0.1, -0.05) is 40.5 Å². The average Bonchev–Trinajstić information content (AvgIpc) is 2.67. The minimum Gasteiger partial charge on any atom is -0.143 e. The Labute approximate surface area is 92.6 Å². The molecule has 0 atom stereocenters. The first kappa shape index (κ1) is 13.7. The van der Waals surface area contributed by atoms with Crippen molar-refractivity contribution < 1.29 is 0 Å². The van der Waals surface area contributed by atoms with Gasteiger partial charge in [-0.15, -0.1) is 23.5 Å². The van der Waals surface area contributed by atoms with Crippen LogP contribution in [-0.4, -0.2) is 15.6 Å². The van der Waals surface area contributed by atoms with Crippen LogP contribution in [0.5, 0.6) is 0 Å². The summed E-state index contributed by atoms with van der Waals surface area (Å²) in [7, 11) is 0. The Kier molecular flexibility index (Phi) is 8.48. The normalized spacial score (nSPS) is 19.4. The van der Waals surface area contributed by atoms with Gasteiger partial charge in [0.2, 0.25) is 0 Å². The van der Waals surface area contributed by atoms with Crippen LogP contribution < -0.4 is 0 Å². The third-order valence-corrected chi connectivity index (χ3v) is 6.08. The predicted octanol–water partition coefficient (Wildman–Crippen LogP) is 4.79. The van der Waals surface area contributed by atoms with Gasteiger partial charge in [0.25, 0.3) is 0 Å². The summed E-state index contributed by atoms with van der Waals surface area (Å²) in [6, 6.07) is 0. The molecule has 0 N–H and O–H groups in total. The molecular formula is C11H24S2. The number of unbranched alkanes of at least 4 members (excludes halogenated alkanes) is 1. The molecule has 0 unspecified atom stereocenters. The van der Waals surface area contributed by atoms with Gasteiger partial charge < -0.3 is 0 Å². The SMILES string of the molecule is CC.CCCCC1(CC)SCCS1. The summed E-state index contributed by atoms with van der Waals surface area (Å²) in [5.74, 6) is 2.75. The zero-order chi connectivity index (χ0) is 10.2. The van der Waals surface area contributed by atoms with Crippen LogP contribution in [0.3, 0.4) is 0 Å². The fraction of sp³-hybridized carbons (Fsp3) is 1.00. The number of thioether (sulfide) groups is 2. The van der Waals surface area contributed by atoms with E-state index in [1.165, 1.54) is 37.2 Å². The quantitative estimate of drug-likeness (QED) is 0.668. The first-order valence-corrected chi connectivity index (χ1v) is 7.58. The molecular weight excluding hydrogens is 196 g/mol. The van der Waals surface area contributed by atoms with Crippen LogP contribution in [0.25, 0.3) is 0 Å². The van der Waals surface area contributed by atoms with E-state index in [2.05, 4.69) is 37.4 Å². The van der Waals surface area contributed by atoms with E-state index in [0.717, 1.165) is 0 Å². The van der Waals surface area contributed by atoms with Crippen LogP contribution in [0.4, 0.5) is 0 Å². The highest BCUT2D eigenvalue weighted by Gasteiger charge is 2.32. The van der Waals surface area contributed by atoms with E-state index < -0.39 is 0 Å². The first-order valence-electron chi connectivity index (χ1n) is 5.61. The maximum atomic E-state index is 2.33. The van der Waals surface area contributed by atoms with Crippen molar-refractivity contribution in [2.75, 3.05) is 11.5 Å². The van der Waals surface area contributed by atoms with Crippen LogP contribution in [0.15, 0.2) is 0 Å². The Morgan fingerprint density at radius 2 is 1.62 bits per heavy atom. The van der Waals surface area contributed by atoms with Crippen molar-refractivity contribution in [3.8, 4) is 0 Å². The first-order chi connectivity index (χ1) is 6.33. The molecule has 0 saturated carbocycles. The molecule has 0 nitrogen and oxygen atoms in total. The summed E-state index contributed by atoms with van der Waals surface area (Å²) in [6.07, 6.45) is 5.54. The lowest BCUT2D eigenvalue weighted by Crippen LogP contribution is -2.14. The van der Waals surface area contributed by atoms with Crippen LogP contribution in [0.2, 0.25) is 0 Å². The third kappa shape index (κ3) is 4.64. The molecule has 1 fully saturated rings. The van der Waals surface area contributed by atoms with Crippen molar-refractivity contribution in [3.05, 3.63) is 0 Å². The smallest absolute Gasteiger partial charge is 0.0609 e. The second-order valence-corrected chi connectivity index (χ2v) is 6.28. The van der Waals surface area contributed by atoms with Gasteiger partial charge in [-0.25, -0.2) is 0 Å². The molecule has 0 amide bonds. The Balaban J connectivity index is 0.000000671. The van der Waals surface area contributed by atoms with Crippen molar-refractivity contribution in [3.63, 3.8) is 0 Å². The Hall–Kier alpha value is 0.700. The molecule has 1 heterocycles. The number of hydrogen-bond acceptors (Lipinski definition) is 2. The third-order valence-electron chi connectivity index (χ3n) is 2.26. The van der Waals surface area contributed by atoms with Crippen molar-refractivity contribution in [1.82, 2.24) is 0 Å². The topological polar surface area (TPSA) is 0 Å². The Morgan fingerprint density at radius 3 is 2.00 bits per heavy atom. The molecule has 1 aliphatic heterocycles. The predicted molar refractivity (Wildman–Crippen MR) is 68.8 cm³/mol. The van der Waals surface area contributed by atoms with E-state index in [1.807, 2.05) is 13.8 Å². The van der Waals surface area contributed by atoms with Gasteiger partial charge in [-0.05, 0) is 12.8 Å². The molecule has 0 aromatic rings. The standard InChI is InChI=1S/C9H18S2.C2H6/c1-3-5-6-9(4-2)10-7-8-11-9;1-2/h3-8H2,1-2H3;1-2H3. The zero-order valence-electron chi connectivity index (χ0n) is 9.56. The van der Waals surface area contributed by atoms with Crippen molar-refractivity contribution >= 4 is 23.5 Å². The minimum atomic E-state index is 0.621. The summed E-state index contributed by atoms with van der Waals surface area (Å²) >= 11 is 4.39. The molecule has 0 bridgehead atoms. The highest BCUT2D eigenvalue weighted by atomic mass is 32.2. The molecule has 0 aromatic carbocycles. The summed E-state index contributed by atoms with van der Waals surface area (Å²) in [5.41, 5.74) is 0. The van der Waals surface area contributed by atoms with Gasteiger partial charge in [0.1, 0.15) is 0 Å². The monoisotopic (exact) mass is 220 g/mol. The van der Waals surface area contributed by atoms with Crippen molar-refractivity contribution in [2.45, 2.75) is 57.5 Å². The lowest BCUT2D eigenvalue weighted by molar-refractivity contribution is 0.640. The molecule has 0 spiro atoms. The molecule has 0 aliphatic carbocycles. The molecule has 1 saturated heterocycles. The molecule has 1 aliphatic rings. The molecule has 1 rings (SSSR count). The fourth-order valence-corrected chi connectivity index (χ4v) is 4.70. The average molecular weight is 220 g/mol. The van der Waals surface area contributed by atoms with Crippen molar-refractivity contribution in [2.24, 2.45) is 0 Å². The molecule has 0 aromatic heterocycles. The Bertz CT molecular complexity index is 107.